The van der Waals surface area contributed by atoms with E-state index >= 15 is 0 Å². The normalized spacial score (nSPS) is 8.79. The first kappa shape index (κ1) is 40.0. The van der Waals surface area contributed by atoms with Crippen LogP contribution >= 0.6 is 12.6 Å². The van der Waals surface area contributed by atoms with Gasteiger partial charge in [0.15, 0.2) is 11.2 Å². The van der Waals surface area contributed by atoms with Crippen LogP contribution in [-0.2, 0) is 23.9 Å². The first-order valence-corrected chi connectivity index (χ1v) is 14.4. The Balaban J connectivity index is -0.0000000688. The van der Waals surface area contributed by atoms with Gasteiger partial charge in [0.05, 0.1) is 6.61 Å². The fraction of sp³-hybridized carbons (Fsp3) is 0.514. The molecule has 0 aliphatic carbocycles. The molecule has 0 aliphatic rings. The van der Waals surface area contributed by atoms with Crippen molar-refractivity contribution in [1.82, 2.24) is 0 Å². The van der Waals surface area contributed by atoms with E-state index in [0.717, 1.165) is 19.3 Å². The van der Waals surface area contributed by atoms with Crippen LogP contribution in [-0.4, -0.2) is 41.5 Å². The summed E-state index contributed by atoms with van der Waals surface area (Å²) in [6, 6.07) is 0. The molecule has 0 radical (unpaired) electrons. The molecule has 1 atom stereocenters. The molecule has 0 saturated heterocycles. The molecular formula is C35H66O6S. The van der Waals surface area contributed by atoms with Crippen LogP contribution in [0.25, 0.3) is 0 Å². The molecule has 0 heterocycles. The lowest BCUT2D eigenvalue weighted by atomic mass is 10.1. The predicted molar refractivity (Wildman–Crippen MR) is 196 cm³/mol. The van der Waals surface area contributed by atoms with Gasteiger partial charge < -0.3 is 14.6 Å². The molecule has 0 aromatic rings. The number of carbonyl (C=O) groups is 3. The number of hydrogen-bond donors (Lipinski definition) is 2. The molecule has 7 heteroatoms. The van der Waals surface area contributed by atoms with Gasteiger partial charge in [-0.15, -0.1) is 12.6 Å². The van der Waals surface area contributed by atoms with Crippen LogP contribution < -0.4 is 0 Å². The van der Waals surface area contributed by atoms with Crippen LogP contribution in [0.15, 0.2) is 0 Å². The second kappa shape index (κ2) is 33.0. The fourth-order valence-corrected chi connectivity index (χ4v) is 2.96. The van der Waals surface area contributed by atoms with Crippen LogP contribution in [0, 0.1) is 82.9 Å². The Morgan fingerprint density at radius 3 is 1.55 bits per heavy atom. The number of hydrogen-bond acceptors (Lipinski definition) is 6. The Labute approximate surface area is 277 Å². The summed E-state index contributed by atoms with van der Waals surface area (Å²) in [5, 5.41) is 9.23. The number of unbranched alkanes of at least 4 members (excludes halogenated alkanes) is 10. The maximum atomic E-state index is 12.0. The molecule has 0 aromatic heterocycles. The Kier molecular flexibility index (Phi) is 31.5. The van der Waals surface area contributed by atoms with Crippen LogP contribution in [0.2, 0.25) is 0 Å². The highest BCUT2D eigenvalue weighted by Crippen LogP contribution is 2.12. The van der Waals surface area contributed by atoms with E-state index in [2.05, 4.69) is 102 Å². The minimum Gasteiger partial charge on any atom is -0.456 e. The number of aliphatic hydroxyl groups is 1. The lowest BCUT2D eigenvalue weighted by molar-refractivity contribution is -0.159. The molecule has 248 valence electrons. The van der Waals surface area contributed by atoms with Gasteiger partial charge in [-0.25, -0.2) is 4.79 Å². The van der Waals surface area contributed by atoms with Crippen LogP contribution in [0.5, 0.6) is 0 Å². The number of esters is 2. The van der Waals surface area contributed by atoms with Crippen molar-refractivity contribution in [3.63, 3.8) is 0 Å². The second-order valence-corrected chi connectivity index (χ2v) is 9.20. The second-order valence-electron chi connectivity index (χ2n) is 8.57. The molecule has 0 saturated carbocycles. The summed E-state index contributed by atoms with van der Waals surface area (Å²) in [5.41, 5.74) is 0. The average molecular weight is 615 g/mol. The Bertz CT molecular complexity index is 1290. The largest absolute Gasteiger partial charge is 0.456 e. The molecule has 1 N–H and O–H groups in total. The zero-order valence-electron chi connectivity index (χ0n) is 24.9. The smallest absolute Gasteiger partial charge is 0.385 e. The Hall–Kier alpha value is -4.16. The van der Waals surface area contributed by atoms with Crippen LogP contribution in [0.1, 0.15) is 116 Å². The zero-order valence-corrected chi connectivity index (χ0v) is 25.8. The SMILES string of the molecule is CC#CC#CC#CC#CC#CC#CC#CC(=O)OC[C@H](CO)OC(=O)CCCCCCCCCCCCC.CC(=O)S.[HH].[HH].[HH].[HH].[HH].[HH].[HH].[HH].[HH].[HH].[HH].[HH].[HH]. The van der Waals surface area contributed by atoms with Gasteiger partial charge in [-0.2, -0.15) is 0 Å². The summed E-state index contributed by atoms with van der Waals surface area (Å²) in [6.45, 7) is 4.56. The summed E-state index contributed by atoms with van der Waals surface area (Å²) in [4.78, 5) is 32.9. The molecule has 6 nitrogen and oxygen atoms in total. The van der Waals surface area contributed by atoms with Crippen molar-refractivity contribution in [2.75, 3.05) is 13.2 Å². The molecule has 0 aromatic carbocycles. The van der Waals surface area contributed by atoms with E-state index < -0.39 is 24.6 Å². The summed E-state index contributed by atoms with van der Waals surface area (Å²) in [5.74, 6) is 33.0. The van der Waals surface area contributed by atoms with Gasteiger partial charge >= 0.3 is 11.9 Å². The minimum atomic E-state index is -0.926. The quantitative estimate of drug-likeness (QED) is 0.0605. The third-order valence-corrected chi connectivity index (χ3v) is 4.86. The highest BCUT2D eigenvalue weighted by Gasteiger charge is 2.15. The molecule has 0 rings (SSSR count). The summed E-state index contributed by atoms with van der Waals surface area (Å²) in [6.07, 6.45) is 12.5. The predicted octanol–water partition coefficient (Wildman–Crippen LogP) is 7.84. The maximum absolute atomic E-state index is 12.0. The van der Waals surface area contributed by atoms with Crippen molar-refractivity contribution < 1.29 is 47.5 Å². The van der Waals surface area contributed by atoms with Crippen molar-refractivity contribution in [2.45, 2.75) is 104 Å². The molecule has 42 heavy (non-hydrogen) atoms. The number of thiol groups is 1. The Morgan fingerprint density at radius 1 is 0.714 bits per heavy atom. The van der Waals surface area contributed by atoms with Gasteiger partial charge in [0.25, 0.3) is 0 Å². The summed E-state index contributed by atoms with van der Waals surface area (Å²) >= 11 is 3.33. The number of aliphatic hydroxyl groups excluding tert-OH is 1. The Morgan fingerprint density at radius 2 is 1.12 bits per heavy atom. The lowest BCUT2D eigenvalue weighted by Gasteiger charge is -2.14. The molecule has 0 unspecified atom stereocenters. The number of carbonyl (C=O) groups excluding carboxylic acids is 3. The summed E-state index contributed by atoms with van der Waals surface area (Å²) in [7, 11) is 0. The van der Waals surface area contributed by atoms with E-state index in [1.54, 1.807) is 6.92 Å². The standard InChI is InChI=1S/C33H36O5.C2H4OS.13H2/c1-3-5-7-9-11-13-15-16-18-19-21-23-25-27-32(35)37-30-31(29-34)38-33(36)28-26-24-22-20-17-14-12-10-8-6-4-2;1-2(3)4;;;;;;;;;;;;;/h31,34H,4,6,8,10,12,14,17,20,22,24,26,28-30H2,1-2H3;1H3,(H,3,4);13*1H/t31-;;;;;;;;;;;;;;/m0............../s1. The first-order chi connectivity index (χ1) is 20.4. The highest BCUT2D eigenvalue weighted by molar-refractivity contribution is 7.96. The van der Waals surface area contributed by atoms with Gasteiger partial charge in [0.1, 0.15) is 6.61 Å². The average Bonchev–Trinajstić information content (AvgIpc) is 2.96. The van der Waals surface area contributed by atoms with Crippen molar-refractivity contribution in [2.24, 2.45) is 0 Å². The third-order valence-electron chi connectivity index (χ3n) is 4.86. The maximum Gasteiger partial charge on any atom is 0.385 e. The third kappa shape index (κ3) is 35.8. The summed E-state index contributed by atoms with van der Waals surface area (Å²) < 4.78 is 10.1. The van der Waals surface area contributed by atoms with Gasteiger partial charge in [0, 0.05) is 37.8 Å². The highest BCUT2D eigenvalue weighted by atomic mass is 32.1. The number of ether oxygens (including phenoxy) is 2. The lowest BCUT2D eigenvalue weighted by Crippen LogP contribution is -2.28. The van der Waals surface area contributed by atoms with Crippen molar-refractivity contribution in [1.29, 1.82) is 0 Å². The van der Waals surface area contributed by atoms with Crippen molar-refractivity contribution in [3.05, 3.63) is 0 Å². The molecule has 0 fully saturated rings. The van der Waals surface area contributed by atoms with E-state index in [1.807, 2.05) is 0 Å². The van der Waals surface area contributed by atoms with Gasteiger partial charge in [-0.3, -0.25) is 9.59 Å². The molecule has 0 aliphatic heterocycles. The molecule has 0 bridgehead atoms. The monoisotopic (exact) mass is 614 g/mol. The van der Waals surface area contributed by atoms with E-state index in [1.165, 1.54) is 58.3 Å². The zero-order chi connectivity index (χ0) is 31.5. The van der Waals surface area contributed by atoms with E-state index in [0.29, 0.717) is 0 Å². The molecular weight excluding hydrogens is 548 g/mol. The van der Waals surface area contributed by atoms with Crippen LogP contribution in [0.4, 0.5) is 0 Å². The van der Waals surface area contributed by atoms with E-state index in [4.69, 9.17) is 9.47 Å². The fourth-order valence-electron chi connectivity index (χ4n) is 2.96. The van der Waals surface area contributed by atoms with Gasteiger partial charge in [-0.05, 0) is 84.4 Å². The van der Waals surface area contributed by atoms with Gasteiger partial charge in [-0.1, -0.05) is 77.1 Å². The first-order valence-electron chi connectivity index (χ1n) is 14.0. The van der Waals surface area contributed by atoms with E-state index in [9.17, 15) is 19.5 Å². The van der Waals surface area contributed by atoms with E-state index in [-0.39, 0.29) is 36.7 Å². The molecule has 0 spiro atoms. The van der Waals surface area contributed by atoms with Crippen molar-refractivity contribution >= 4 is 29.7 Å². The van der Waals surface area contributed by atoms with Gasteiger partial charge in [0.2, 0.25) is 0 Å². The number of rotatable bonds is 16. The van der Waals surface area contributed by atoms with Crippen LogP contribution in [0.3, 0.4) is 0 Å². The van der Waals surface area contributed by atoms with Crippen molar-refractivity contribution in [3.8, 4) is 82.9 Å². The topological polar surface area (TPSA) is 89.9 Å². The molecule has 0 amide bonds. The minimum absolute atomic E-state index is 0.